The van der Waals surface area contributed by atoms with Crippen molar-refractivity contribution < 1.29 is 14.7 Å². The van der Waals surface area contributed by atoms with Gasteiger partial charge in [-0.05, 0) is 23.8 Å². The van der Waals surface area contributed by atoms with Gasteiger partial charge < -0.3 is 15.3 Å². The van der Waals surface area contributed by atoms with Gasteiger partial charge in [-0.2, -0.15) is 0 Å². The highest BCUT2D eigenvalue weighted by Crippen LogP contribution is 2.20. The fourth-order valence-electron chi connectivity index (χ4n) is 2.76. The zero-order valence-electron chi connectivity index (χ0n) is 13.3. The lowest BCUT2D eigenvalue weighted by Gasteiger charge is -2.23. The molecule has 1 aromatic heterocycles. The van der Waals surface area contributed by atoms with Gasteiger partial charge in [-0.15, -0.1) is 0 Å². The van der Waals surface area contributed by atoms with E-state index in [0.717, 1.165) is 5.56 Å². The molecule has 0 unspecified atom stereocenters. The molecular weight excluding hydrogens is 344 g/mol. The van der Waals surface area contributed by atoms with Gasteiger partial charge in [0.2, 0.25) is 5.91 Å². The van der Waals surface area contributed by atoms with Gasteiger partial charge in [-0.25, -0.2) is 9.97 Å². The smallest absolute Gasteiger partial charge is 0.273 e. The van der Waals surface area contributed by atoms with Crippen LogP contribution in [0.3, 0.4) is 0 Å². The van der Waals surface area contributed by atoms with E-state index in [2.05, 4.69) is 15.3 Å². The molecule has 1 aromatic carbocycles. The van der Waals surface area contributed by atoms with E-state index >= 15 is 0 Å². The minimum atomic E-state index is -0.739. The maximum atomic E-state index is 12.5. The second-order valence-electron chi connectivity index (χ2n) is 5.80. The van der Waals surface area contributed by atoms with E-state index in [4.69, 9.17) is 11.6 Å². The number of carbonyl (C=O) groups excluding carboxylic acids is 2. The van der Waals surface area contributed by atoms with E-state index < -0.39 is 18.1 Å². The van der Waals surface area contributed by atoms with Gasteiger partial charge in [0.15, 0.2) is 0 Å². The fraction of sp³-hybridized carbons (Fsp3) is 0.294. The lowest BCUT2D eigenvalue weighted by Crippen LogP contribution is -2.46. The van der Waals surface area contributed by atoms with Crippen molar-refractivity contribution in [1.29, 1.82) is 0 Å². The normalized spacial score (nSPS) is 19.7. The molecule has 8 heteroatoms. The summed E-state index contributed by atoms with van der Waals surface area (Å²) in [6.45, 7) is 0.417. The largest absolute Gasteiger partial charge is 0.391 e. The summed E-state index contributed by atoms with van der Waals surface area (Å²) in [4.78, 5) is 34.1. The Labute approximate surface area is 149 Å². The SMILES string of the molecule is O=C(NCc1ccc(Cl)cc1)[C@@H]1C[C@@H](O)CN1C(=O)c1ccncn1. The van der Waals surface area contributed by atoms with Gasteiger partial charge in [-0.3, -0.25) is 9.59 Å². The maximum Gasteiger partial charge on any atom is 0.273 e. The summed E-state index contributed by atoms with van der Waals surface area (Å²) in [5, 5.41) is 13.3. The number of nitrogens with one attached hydrogen (secondary N) is 1. The van der Waals surface area contributed by atoms with E-state index in [1.54, 1.807) is 12.1 Å². The van der Waals surface area contributed by atoms with Gasteiger partial charge in [0, 0.05) is 30.7 Å². The summed E-state index contributed by atoms with van der Waals surface area (Å²) in [6, 6.07) is 7.87. The molecule has 130 valence electrons. The Balaban J connectivity index is 1.67. The summed E-state index contributed by atoms with van der Waals surface area (Å²) >= 11 is 5.84. The second kappa shape index (κ2) is 7.58. The fourth-order valence-corrected chi connectivity index (χ4v) is 2.89. The third kappa shape index (κ3) is 4.12. The number of aliphatic hydroxyl groups is 1. The quantitative estimate of drug-likeness (QED) is 0.848. The number of rotatable bonds is 4. The van der Waals surface area contributed by atoms with Gasteiger partial charge in [0.25, 0.3) is 5.91 Å². The Kier molecular flexibility index (Phi) is 5.25. The lowest BCUT2D eigenvalue weighted by molar-refractivity contribution is -0.125. The van der Waals surface area contributed by atoms with Crippen LogP contribution in [0.15, 0.2) is 42.9 Å². The zero-order valence-corrected chi connectivity index (χ0v) is 14.1. The van der Waals surface area contributed by atoms with Gasteiger partial charge >= 0.3 is 0 Å². The molecule has 0 saturated carbocycles. The Hall–Kier alpha value is -2.51. The summed E-state index contributed by atoms with van der Waals surface area (Å²) in [5.41, 5.74) is 1.09. The van der Waals surface area contributed by atoms with Crippen LogP contribution in [0.5, 0.6) is 0 Å². The number of amides is 2. The van der Waals surface area contributed by atoms with Crippen LogP contribution in [0.25, 0.3) is 0 Å². The van der Waals surface area contributed by atoms with Crippen molar-refractivity contribution in [3.05, 3.63) is 59.1 Å². The molecule has 3 rings (SSSR count). The molecule has 2 amide bonds. The molecule has 0 radical (unpaired) electrons. The summed E-state index contributed by atoms with van der Waals surface area (Å²) in [7, 11) is 0. The lowest BCUT2D eigenvalue weighted by atomic mass is 10.1. The van der Waals surface area contributed by atoms with Gasteiger partial charge in [0.1, 0.15) is 18.1 Å². The summed E-state index contributed by atoms with van der Waals surface area (Å²) in [6.07, 6.45) is 2.19. The number of hydrogen-bond donors (Lipinski definition) is 2. The number of aromatic nitrogens is 2. The first-order valence-electron chi connectivity index (χ1n) is 7.82. The Bertz CT molecular complexity index is 754. The van der Waals surface area contributed by atoms with E-state index in [0.29, 0.717) is 11.6 Å². The van der Waals surface area contributed by atoms with Crippen molar-refractivity contribution in [2.75, 3.05) is 6.54 Å². The number of hydrogen-bond acceptors (Lipinski definition) is 5. The molecule has 1 fully saturated rings. The van der Waals surface area contributed by atoms with Crippen LogP contribution in [-0.2, 0) is 11.3 Å². The van der Waals surface area contributed by atoms with E-state index in [1.165, 1.54) is 23.5 Å². The second-order valence-corrected chi connectivity index (χ2v) is 6.24. The highest BCUT2D eigenvalue weighted by Gasteiger charge is 2.39. The topological polar surface area (TPSA) is 95.4 Å². The highest BCUT2D eigenvalue weighted by molar-refractivity contribution is 6.30. The molecule has 0 spiro atoms. The van der Waals surface area contributed by atoms with Crippen LogP contribution in [-0.4, -0.2) is 50.5 Å². The third-order valence-corrected chi connectivity index (χ3v) is 4.28. The average Bonchev–Trinajstić information content (AvgIpc) is 3.03. The van der Waals surface area contributed by atoms with Gasteiger partial charge in [0.05, 0.1) is 6.10 Å². The molecule has 2 heterocycles. The van der Waals surface area contributed by atoms with Crippen LogP contribution >= 0.6 is 11.6 Å². The van der Waals surface area contributed by atoms with Crippen molar-refractivity contribution in [2.45, 2.75) is 25.1 Å². The molecule has 0 bridgehead atoms. The molecule has 2 aromatic rings. The van der Waals surface area contributed by atoms with E-state index in [1.807, 2.05) is 12.1 Å². The van der Waals surface area contributed by atoms with Crippen LogP contribution in [0, 0.1) is 0 Å². The van der Waals surface area contributed by atoms with Crippen LogP contribution in [0.4, 0.5) is 0 Å². The van der Waals surface area contributed by atoms with Crippen LogP contribution in [0.2, 0.25) is 5.02 Å². The standard InChI is InChI=1S/C17H17ClN4O3/c18-12-3-1-11(2-4-12)8-20-16(24)15-7-13(23)9-22(15)17(25)14-5-6-19-10-21-14/h1-6,10,13,15,23H,7-9H2,(H,20,24)/t13-,15+/m1/s1. The zero-order chi connectivity index (χ0) is 17.8. The first-order valence-corrected chi connectivity index (χ1v) is 8.19. The van der Waals surface area contributed by atoms with Crippen molar-refractivity contribution in [2.24, 2.45) is 0 Å². The molecule has 1 aliphatic rings. The predicted molar refractivity (Wildman–Crippen MR) is 90.8 cm³/mol. The first-order chi connectivity index (χ1) is 12.0. The molecule has 1 saturated heterocycles. The van der Waals surface area contributed by atoms with Crippen molar-refractivity contribution >= 4 is 23.4 Å². The Morgan fingerprint density at radius 2 is 2.04 bits per heavy atom. The van der Waals surface area contributed by atoms with Crippen LogP contribution < -0.4 is 5.32 Å². The van der Waals surface area contributed by atoms with Crippen molar-refractivity contribution in [3.63, 3.8) is 0 Å². The Morgan fingerprint density at radius 1 is 1.28 bits per heavy atom. The number of β-amino-alcohol motifs (C(OH)–C–C–N with tert-alkyl or cyclic N) is 1. The maximum absolute atomic E-state index is 12.5. The van der Waals surface area contributed by atoms with E-state index in [9.17, 15) is 14.7 Å². The molecule has 7 nitrogen and oxygen atoms in total. The third-order valence-electron chi connectivity index (χ3n) is 4.02. The molecule has 0 aliphatic carbocycles. The number of likely N-dealkylation sites (tertiary alicyclic amines) is 1. The summed E-state index contributed by atoms with van der Waals surface area (Å²) < 4.78 is 0. The number of halogens is 1. The minimum absolute atomic E-state index is 0.0991. The van der Waals surface area contributed by atoms with Crippen molar-refractivity contribution in [1.82, 2.24) is 20.2 Å². The van der Waals surface area contributed by atoms with Crippen LogP contribution in [0.1, 0.15) is 22.5 Å². The van der Waals surface area contributed by atoms with Crippen molar-refractivity contribution in [3.8, 4) is 0 Å². The van der Waals surface area contributed by atoms with E-state index in [-0.39, 0.29) is 24.6 Å². The molecule has 1 aliphatic heterocycles. The highest BCUT2D eigenvalue weighted by atomic mass is 35.5. The number of benzene rings is 1. The van der Waals surface area contributed by atoms with Gasteiger partial charge in [-0.1, -0.05) is 23.7 Å². The molecular formula is C17H17ClN4O3. The number of aliphatic hydroxyl groups excluding tert-OH is 1. The number of nitrogens with zero attached hydrogens (tertiary/aromatic N) is 3. The molecule has 25 heavy (non-hydrogen) atoms. The summed E-state index contributed by atoms with van der Waals surface area (Å²) in [5.74, 6) is -0.709. The predicted octanol–water partition coefficient (Wildman–Crippen LogP) is 1.02. The first kappa shape index (κ1) is 17.3. The number of carbonyl (C=O) groups is 2. The minimum Gasteiger partial charge on any atom is -0.391 e. The Morgan fingerprint density at radius 3 is 2.72 bits per heavy atom. The molecule has 2 N–H and O–H groups in total. The monoisotopic (exact) mass is 360 g/mol. The molecule has 2 atom stereocenters. The average molecular weight is 361 g/mol.